The van der Waals surface area contributed by atoms with Gasteiger partial charge in [0.2, 0.25) is 0 Å². The molecule has 0 aliphatic heterocycles. The predicted octanol–water partition coefficient (Wildman–Crippen LogP) is 3.25. The van der Waals surface area contributed by atoms with Crippen LogP contribution in [-0.4, -0.2) is 9.97 Å². The van der Waals surface area contributed by atoms with Gasteiger partial charge < -0.3 is 5.73 Å². The summed E-state index contributed by atoms with van der Waals surface area (Å²) in [5.41, 5.74) is 6.53. The molecule has 2 rings (SSSR count). The molecule has 0 amide bonds. The van der Waals surface area contributed by atoms with E-state index in [0.717, 1.165) is 10.0 Å². The van der Waals surface area contributed by atoms with Crippen LogP contribution in [-0.2, 0) is 5.75 Å². The first kappa shape index (κ1) is 12.3. The van der Waals surface area contributed by atoms with E-state index in [4.69, 9.17) is 5.73 Å². The van der Waals surface area contributed by atoms with Crippen LogP contribution in [0.1, 0.15) is 5.56 Å². The van der Waals surface area contributed by atoms with Crippen molar-refractivity contribution in [1.29, 1.82) is 0 Å². The Morgan fingerprint density at radius 2 is 2.00 bits per heavy atom. The zero-order valence-electron chi connectivity index (χ0n) is 8.73. The maximum atomic E-state index is 13.1. The first-order valence-corrected chi connectivity index (χ1v) is 6.57. The Morgan fingerprint density at radius 3 is 2.71 bits per heavy atom. The highest BCUT2D eigenvalue weighted by Crippen LogP contribution is 2.25. The molecule has 1 aromatic heterocycles. The number of aromatic nitrogens is 2. The van der Waals surface area contributed by atoms with E-state index in [1.807, 2.05) is 6.07 Å². The Bertz CT molecular complexity index is 516. The van der Waals surface area contributed by atoms with E-state index in [1.165, 1.54) is 30.1 Å². The maximum Gasteiger partial charge on any atom is 0.156 e. The topological polar surface area (TPSA) is 51.8 Å². The molecule has 17 heavy (non-hydrogen) atoms. The van der Waals surface area contributed by atoms with E-state index in [-0.39, 0.29) is 5.82 Å². The molecule has 2 aromatic rings. The predicted molar refractivity (Wildman–Crippen MR) is 70.1 cm³/mol. The van der Waals surface area contributed by atoms with Gasteiger partial charge in [-0.25, -0.2) is 14.4 Å². The number of halogens is 2. The fraction of sp³-hybridized carbons (Fsp3) is 0.0909. The third kappa shape index (κ3) is 3.41. The lowest BCUT2D eigenvalue weighted by atomic mass is 10.2. The molecule has 3 nitrogen and oxygen atoms in total. The Kier molecular flexibility index (Phi) is 3.96. The van der Waals surface area contributed by atoms with Crippen LogP contribution in [0, 0.1) is 5.82 Å². The fourth-order valence-electron chi connectivity index (χ4n) is 1.29. The van der Waals surface area contributed by atoms with E-state index in [2.05, 4.69) is 25.9 Å². The van der Waals surface area contributed by atoms with Gasteiger partial charge in [0.1, 0.15) is 10.8 Å². The van der Waals surface area contributed by atoms with Gasteiger partial charge in [-0.05, 0) is 23.8 Å². The molecule has 0 aliphatic carbocycles. The molecule has 1 heterocycles. The lowest BCUT2D eigenvalue weighted by Crippen LogP contribution is -1.95. The van der Waals surface area contributed by atoms with Crippen LogP contribution < -0.4 is 5.73 Å². The van der Waals surface area contributed by atoms with Gasteiger partial charge in [0.15, 0.2) is 5.82 Å². The SMILES string of the molecule is Nc1nccnc1SCc1cc(F)cc(Br)c1. The molecule has 0 radical (unpaired) electrons. The summed E-state index contributed by atoms with van der Waals surface area (Å²) < 4.78 is 13.9. The zero-order chi connectivity index (χ0) is 12.3. The minimum atomic E-state index is -0.262. The number of hydrogen-bond acceptors (Lipinski definition) is 4. The Labute approximate surface area is 111 Å². The van der Waals surface area contributed by atoms with Crippen LogP contribution in [0.4, 0.5) is 10.2 Å². The molecule has 0 saturated heterocycles. The van der Waals surface area contributed by atoms with Crippen LogP contribution in [0.15, 0.2) is 40.1 Å². The van der Waals surface area contributed by atoms with Gasteiger partial charge in [0.25, 0.3) is 0 Å². The number of hydrogen-bond donors (Lipinski definition) is 1. The summed E-state index contributed by atoms with van der Waals surface area (Å²) in [6, 6.07) is 4.78. The normalized spacial score (nSPS) is 10.5. The molecule has 1 aromatic carbocycles. The zero-order valence-corrected chi connectivity index (χ0v) is 11.1. The quantitative estimate of drug-likeness (QED) is 0.884. The average Bonchev–Trinajstić information content (AvgIpc) is 2.27. The van der Waals surface area contributed by atoms with E-state index in [1.54, 1.807) is 6.20 Å². The Hall–Kier alpha value is -1.14. The van der Waals surface area contributed by atoms with E-state index in [9.17, 15) is 4.39 Å². The van der Waals surface area contributed by atoms with E-state index in [0.29, 0.717) is 16.6 Å². The molecule has 0 spiro atoms. The second kappa shape index (κ2) is 5.46. The minimum Gasteiger partial charge on any atom is -0.381 e. The first-order valence-electron chi connectivity index (χ1n) is 4.79. The molecule has 0 unspecified atom stereocenters. The van der Waals surface area contributed by atoms with Crippen molar-refractivity contribution in [2.45, 2.75) is 10.8 Å². The minimum absolute atomic E-state index is 0.262. The summed E-state index contributed by atoms with van der Waals surface area (Å²) in [7, 11) is 0. The van der Waals surface area contributed by atoms with E-state index < -0.39 is 0 Å². The molecule has 6 heteroatoms. The highest BCUT2D eigenvalue weighted by atomic mass is 79.9. The van der Waals surface area contributed by atoms with Crippen LogP contribution >= 0.6 is 27.7 Å². The van der Waals surface area contributed by atoms with Crippen molar-refractivity contribution >= 4 is 33.5 Å². The van der Waals surface area contributed by atoms with Crippen molar-refractivity contribution in [3.8, 4) is 0 Å². The third-order valence-electron chi connectivity index (χ3n) is 1.99. The van der Waals surface area contributed by atoms with Crippen LogP contribution in [0.5, 0.6) is 0 Å². The second-order valence-electron chi connectivity index (χ2n) is 3.31. The smallest absolute Gasteiger partial charge is 0.156 e. The van der Waals surface area contributed by atoms with E-state index >= 15 is 0 Å². The number of nitrogens with zero attached hydrogens (tertiary/aromatic N) is 2. The number of rotatable bonds is 3. The third-order valence-corrected chi connectivity index (χ3v) is 3.51. The Balaban J connectivity index is 2.10. The van der Waals surface area contributed by atoms with Gasteiger partial charge >= 0.3 is 0 Å². The first-order chi connectivity index (χ1) is 8.15. The summed E-state index contributed by atoms with van der Waals surface area (Å²) in [6.07, 6.45) is 3.12. The second-order valence-corrected chi connectivity index (χ2v) is 5.19. The van der Waals surface area contributed by atoms with Crippen molar-refractivity contribution < 1.29 is 4.39 Å². The van der Waals surface area contributed by atoms with Crippen LogP contribution in [0.25, 0.3) is 0 Å². The number of benzene rings is 1. The average molecular weight is 314 g/mol. The van der Waals surface area contributed by atoms with Gasteiger partial charge in [-0.15, -0.1) is 0 Å². The lowest BCUT2D eigenvalue weighted by molar-refractivity contribution is 0.625. The summed E-state index contributed by atoms with van der Waals surface area (Å²) in [5, 5.41) is 0.660. The van der Waals surface area contributed by atoms with Crippen molar-refractivity contribution in [1.82, 2.24) is 9.97 Å². The molecule has 0 aliphatic rings. The molecule has 0 saturated carbocycles. The van der Waals surface area contributed by atoms with Crippen molar-refractivity contribution in [3.05, 3.63) is 46.4 Å². The highest BCUT2D eigenvalue weighted by molar-refractivity contribution is 9.10. The largest absolute Gasteiger partial charge is 0.381 e. The van der Waals surface area contributed by atoms with Gasteiger partial charge in [-0.2, -0.15) is 0 Å². The maximum absolute atomic E-state index is 13.1. The summed E-state index contributed by atoms with van der Waals surface area (Å²) in [6.45, 7) is 0. The van der Waals surface area contributed by atoms with Gasteiger partial charge in [-0.1, -0.05) is 27.7 Å². The fourth-order valence-corrected chi connectivity index (χ4v) is 2.61. The molecule has 0 bridgehead atoms. The number of anilines is 1. The molecular formula is C11H9BrFN3S. The lowest BCUT2D eigenvalue weighted by Gasteiger charge is -2.04. The standard InChI is InChI=1S/C11H9BrFN3S/c12-8-3-7(4-9(13)5-8)6-17-11-10(14)15-1-2-16-11/h1-5H,6H2,(H2,14,15). The molecular weight excluding hydrogens is 305 g/mol. The van der Waals surface area contributed by atoms with Crippen molar-refractivity contribution in [2.75, 3.05) is 5.73 Å². The number of nitrogen functional groups attached to an aromatic ring is 1. The Morgan fingerprint density at radius 1 is 1.24 bits per heavy atom. The van der Waals surface area contributed by atoms with Gasteiger partial charge in [0, 0.05) is 22.6 Å². The summed E-state index contributed by atoms with van der Waals surface area (Å²) in [5.74, 6) is 0.731. The number of thioether (sulfide) groups is 1. The van der Waals surface area contributed by atoms with Crippen molar-refractivity contribution in [2.24, 2.45) is 0 Å². The van der Waals surface area contributed by atoms with Crippen molar-refractivity contribution in [3.63, 3.8) is 0 Å². The van der Waals surface area contributed by atoms with Gasteiger partial charge in [-0.3, -0.25) is 0 Å². The summed E-state index contributed by atoms with van der Waals surface area (Å²) >= 11 is 4.68. The molecule has 0 atom stereocenters. The highest BCUT2D eigenvalue weighted by Gasteiger charge is 2.04. The monoisotopic (exact) mass is 313 g/mol. The summed E-state index contributed by atoms with van der Waals surface area (Å²) in [4.78, 5) is 8.05. The van der Waals surface area contributed by atoms with Crippen LogP contribution in [0.2, 0.25) is 0 Å². The van der Waals surface area contributed by atoms with Crippen LogP contribution in [0.3, 0.4) is 0 Å². The molecule has 0 fully saturated rings. The molecule has 2 N–H and O–H groups in total. The number of nitrogens with two attached hydrogens (primary N) is 1. The molecule has 88 valence electrons. The van der Waals surface area contributed by atoms with Gasteiger partial charge in [0.05, 0.1) is 0 Å².